The van der Waals surface area contributed by atoms with Gasteiger partial charge in [0.25, 0.3) is 0 Å². The highest BCUT2D eigenvalue weighted by Crippen LogP contribution is 2.05. The molecule has 0 atom stereocenters. The maximum Gasteiger partial charge on any atom is 0.135 e. The molecule has 0 saturated carbocycles. The number of nitrogens with one attached hydrogen (secondary N) is 2. The van der Waals surface area contributed by atoms with Crippen molar-refractivity contribution < 1.29 is 4.79 Å². The van der Waals surface area contributed by atoms with Crippen LogP contribution in [-0.2, 0) is 4.79 Å². The van der Waals surface area contributed by atoms with Crippen molar-refractivity contribution in [1.82, 2.24) is 10.9 Å². The predicted octanol–water partition coefficient (Wildman–Crippen LogP) is 0.471. The lowest BCUT2D eigenvalue weighted by Crippen LogP contribution is -2.23. The van der Waals surface area contributed by atoms with Crippen LogP contribution in [-0.4, -0.2) is 5.78 Å². The van der Waals surface area contributed by atoms with Gasteiger partial charge in [0.2, 0.25) is 0 Å². The second kappa shape index (κ2) is 2.56. The lowest BCUT2D eigenvalue weighted by atomic mass is 10.2. The number of carbonyl (C=O) groups is 1. The summed E-state index contributed by atoms with van der Waals surface area (Å²) in [4.78, 5) is 10.6. The molecular formula is C7H10N2O. The third-order valence-corrected chi connectivity index (χ3v) is 1.17. The van der Waals surface area contributed by atoms with E-state index in [0.29, 0.717) is 6.42 Å². The fourth-order valence-electron chi connectivity index (χ4n) is 0.806. The molecule has 3 heteroatoms. The van der Waals surface area contributed by atoms with E-state index in [1.807, 2.05) is 6.08 Å². The molecule has 1 aliphatic heterocycles. The Labute approximate surface area is 59.8 Å². The molecule has 0 aromatic carbocycles. The molecule has 3 nitrogen and oxygen atoms in total. The molecule has 0 aliphatic carbocycles. The van der Waals surface area contributed by atoms with Crippen molar-refractivity contribution in [3.05, 3.63) is 24.0 Å². The lowest BCUT2D eigenvalue weighted by molar-refractivity contribution is -0.116. The van der Waals surface area contributed by atoms with E-state index in [0.717, 1.165) is 11.4 Å². The van der Waals surface area contributed by atoms with E-state index in [4.69, 9.17) is 0 Å². The Hall–Kier alpha value is -1.25. The zero-order chi connectivity index (χ0) is 7.56. The predicted molar refractivity (Wildman–Crippen MR) is 38.8 cm³/mol. The highest BCUT2D eigenvalue weighted by Gasteiger charge is 2.06. The van der Waals surface area contributed by atoms with Crippen molar-refractivity contribution in [3.8, 4) is 0 Å². The molecule has 10 heavy (non-hydrogen) atoms. The van der Waals surface area contributed by atoms with E-state index in [2.05, 4.69) is 17.4 Å². The number of allylic oxidation sites excluding steroid dienone is 2. The molecule has 2 N–H and O–H groups in total. The van der Waals surface area contributed by atoms with Gasteiger partial charge in [0.1, 0.15) is 5.78 Å². The normalized spacial score (nSPS) is 15.7. The summed E-state index contributed by atoms with van der Waals surface area (Å²) in [6.45, 7) is 5.21. The first-order valence-electron chi connectivity index (χ1n) is 3.09. The molecule has 0 spiro atoms. The Balaban J connectivity index is 2.50. The average Bonchev–Trinajstić information content (AvgIpc) is 2.13. The fourth-order valence-corrected chi connectivity index (χ4v) is 0.806. The van der Waals surface area contributed by atoms with Crippen molar-refractivity contribution in [2.75, 3.05) is 0 Å². The second-order valence-corrected chi connectivity index (χ2v) is 2.32. The van der Waals surface area contributed by atoms with Gasteiger partial charge in [-0.2, -0.15) is 0 Å². The largest absolute Gasteiger partial charge is 0.305 e. The summed E-state index contributed by atoms with van der Waals surface area (Å²) in [7, 11) is 0. The first-order chi connectivity index (χ1) is 4.68. The van der Waals surface area contributed by atoms with Crippen molar-refractivity contribution in [2.24, 2.45) is 0 Å². The molecule has 0 radical (unpaired) electrons. The van der Waals surface area contributed by atoms with Gasteiger partial charge in [-0.3, -0.25) is 4.79 Å². The summed E-state index contributed by atoms with van der Waals surface area (Å²) < 4.78 is 0. The molecule has 1 heterocycles. The van der Waals surface area contributed by atoms with Gasteiger partial charge >= 0.3 is 0 Å². The number of hydrogen-bond acceptors (Lipinski definition) is 3. The van der Waals surface area contributed by atoms with E-state index in [1.54, 1.807) is 6.92 Å². The molecule has 0 fully saturated rings. The molecule has 0 unspecified atom stereocenters. The van der Waals surface area contributed by atoms with Gasteiger partial charge in [-0.05, 0) is 13.0 Å². The summed E-state index contributed by atoms with van der Waals surface area (Å²) in [5, 5.41) is 0. The first kappa shape index (κ1) is 6.86. The van der Waals surface area contributed by atoms with Crippen LogP contribution in [0.2, 0.25) is 0 Å². The number of hydrogen-bond donors (Lipinski definition) is 2. The Bertz CT molecular complexity index is 206. The minimum Gasteiger partial charge on any atom is -0.305 e. The van der Waals surface area contributed by atoms with Crippen molar-refractivity contribution >= 4 is 5.78 Å². The van der Waals surface area contributed by atoms with E-state index in [9.17, 15) is 4.79 Å². The number of carbonyl (C=O) groups excluding carboxylic acids is 1. The van der Waals surface area contributed by atoms with Crippen molar-refractivity contribution in [2.45, 2.75) is 13.3 Å². The van der Waals surface area contributed by atoms with Crippen LogP contribution in [0.4, 0.5) is 0 Å². The minimum absolute atomic E-state index is 0.148. The van der Waals surface area contributed by atoms with Gasteiger partial charge in [0, 0.05) is 17.8 Å². The molecule has 0 bridgehead atoms. The third-order valence-electron chi connectivity index (χ3n) is 1.17. The zero-order valence-corrected chi connectivity index (χ0v) is 5.90. The maximum absolute atomic E-state index is 10.6. The zero-order valence-electron chi connectivity index (χ0n) is 5.90. The second-order valence-electron chi connectivity index (χ2n) is 2.32. The van der Waals surface area contributed by atoms with Crippen LogP contribution in [0.5, 0.6) is 0 Å². The average molecular weight is 138 g/mol. The summed E-state index contributed by atoms with van der Waals surface area (Å²) in [5.41, 5.74) is 7.30. The van der Waals surface area contributed by atoms with Gasteiger partial charge in [-0.15, -0.1) is 0 Å². The molecule has 0 amide bonds. The fraction of sp³-hybridized carbons (Fsp3) is 0.286. The Morgan fingerprint density at radius 2 is 2.40 bits per heavy atom. The Morgan fingerprint density at radius 1 is 1.70 bits per heavy atom. The molecule has 0 aromatic heterocycles. The summed E-state index contributed by atoms with van der Waals surface area (Å²) in [6, 6.07) is 0. The molecular weight excluding hydrogens is 128 g/mol. The Kier molecular flexibility index (Phi) is 1.76. The van der Waals surface area contributed by atoms with Crippen molar-refractivity contribution in [3.63, 3.8) is 0 Å². The summed E-state index contributed by atoms with van der Waals surface area (Å²) in [5.74, 6) is 0.148. The quantitative estimate of drug-likeness (QED) is 0.582. The van der Waals surface area contributed by atoms with E-state index < -0.39 is 0 Å². The topological polar surface area (TPSA) is 41.1 Å². The number of Topliss-reactive ketones (excluding diaryl/α,β-unsaturated/α-hetero) is 1. The van der Waals surface area contributed by atoms with Crippen molar-refractivity contribution in [1.29, 1.82) is 0 Å². The molecule has 1 rings (SSSR count). The van der Waals surface area contributed by atoms with Crippen LogP contribution in [0.3, 0.4) is 0 Å². The minimum atomic E-state index is 0.148. The van der Waals surface area contributed by atoms with Gasteiger partial charge in [-0.1, -0.05) is 6.58 Å². The lowest BCUT2D eigenvalue weighted by Gasteiger charge is -1.99. The van der Waals surface area contributed by atoms with Crippen LogP contribution in [0, 0.1) is 0 Å². The third kappa shape index (κ3) is 1.62. The maximum atomic E-state index is 10.6. The monoisotopic (exact) mass is 138 g/mol. The molecule has 1 aliphatic rings. The summed E-state index contributed by atoms with van der Waals surface area (Å²) in [6.07, 6.45) is 2.27. The van der Waals surface area contributed by atoms with Crippen LogP contribution < -0.4 is 10.9 Å². The first-order valence-corrected chi connectivity index (χ1v) is 3.09. The SMILES string of the molecule is C=C1C=C(CC(C)=O)NN1. The highest BCUT2D eigenvalue weighted by molar-refractivity contribution is 5.78. The van der Waals surface area contributed by atoms with Crippen LogP contribution in [0.15, 0.2) is 24.0 Å². The van der Waals surface area contributed by atoms with Crippen LogP contribution in [0.1, 0.15) is 13.3 Å². The number of rotatable bonds is 2. The van der Waals surface area contributed by atoms with Gasteiger partial charge in [-0.25, -0.2) is 0 Å². The standard InChI is InChI=1S/C7H10N2O/c1-5-3-7(9-8-5)4-6(2)10/h3,8-9H,1,4H2,2H3. The van der Waals surface area contributed by atoms with E-state index in [-0.39, 0.29) is 5.78 Å². The van der Waals surface area contributed by atoms with Gasteiger partial charge in [0.05, 0.1) is 0 Å². The van der Waals surface area contributed by atoms with E-state index >= 15 is 0 Å². The molecule has 0 saturated heterocycles. The number of hydrazine groups is 1. The van der Waals surface area contributed by atoms with Crippen LogP contribution >= 0.6 is 0 Å². The van der Waals surface area contributed by atoms with Gasteiger partial charge < -0.3 is 10.9 Å². The highest BCUT2D eigenvalue weighted by atomic mass is 16.1. The molecule has 54 valence electrons. The smallest absolute Gasteiger partial charge is 0.135 e. The summed E-state index contributed by atoms with van der Waals surface area (Å²) >= 11 is 0. The van der Waals surface area contributed by atoms with Crippen LogP contribution in [0.25, 0.3) is 0 Å². The van der Waals surface area contributed by atoms with Gasteiger partial charge in [0.15, 0.2) is 0 Å². The molecule has 0 aromatic rings. The number of ketones is 1. The van der Waals surface area contributed by atoms with E-state index in [1.165, 1.54) is 0 Å². The Morgan fingerprint density at radius 3 is 2.80 bits per heavy atom.